The molecule has 0 aromatic carbocycles. The van der Waals surface area contributed by atoms with Gasteiger partial charge in [-0.25, -0.2) is 4.79 Å². The number of thiophene rings is 1. The average Bonchev–Trinajstić information content (AvgIpc) is 3.54. The molecule has 0 radical (unpaired) electrons. The second-order valence-electron chi connectivity index (χ2n) is 9.99. The third-order valence-corrected chi connectivity index (χ3v) is 8.93. The van der Waals surface area contributed by atoms with Crippen LogP contribution in [0.3, 0.4) is 0 Å². The number of carbonyl (C=O) groups is 4. The van der Waals surface area contributed by atoms with Gasteiger partial charge in [-0.15, -0.1) is 11.3 Å². The Hall–Kier alpha value is -3.20. The molecule has 0 unspecified atom stereocenters. The van der Waals surface area contributed by atoms with Gasteiger partial charge in [-0.2, -0.15) is 0 Å². The number of Topliss-reactive ketones (excluding diaryl/α,β-unsaturated/α-hetero) is 1. The highest BCUT2D eigenvalue weighted by atomic mass is 32.1. The molecule has 35 heavy (non-hydrogen) atoms. The maximum absolute atomic E-state index is 14.0. The van der Waals surface area contributed by atoms with Crippen molar-refractivity contribution in [1.82, 2.24) is 0 Å². The Kier molecular flexibility index (Phi) is 5.70. The van der Waals surface area contributed by atoms with E-state index in [0.29, 0.717) is 29.7 Å². The molecule has 9 heteroatoms. The van der Waals surface area contributed by atoms with Crippen LogP contribution < -0.4 is 0 Å². The number of fused-ring (bicyclic) bond motifs is 3. The second-order valence-corrected chi connectivity index (χ2v) is 10.9. The zero-order valence-corrected chi connectivity index (χ0v) is 20.5. The normalized spacial score (nSPS) is 34.2. The molecule has 0 bridgehead atoms. The number of ketones is 1. The summed E-state index contributed by atoms with van der Waals surface area (Å²) in [5.74, 6) is -4.22. The van der Waals surface area contributed by atoms with Crippen molar-refractivity contribution >= 4 is 35.0 Å². The lowest BCUT2D eigenvalue weighted by atomic mass is 9.44. The minimum Gasteiger partial charge on any atom is -0.472 e. The summed E-state index contributed by atoms with van der Waals surface area (Å²) in [7, 11) is 1.29. The van der Waals surface area contributed by atoms with Crippen molar-refractivity contribution in [3.8, 4) is 0 Å². The molecule has 2 aromatic heterocycles. The molecule has 3 heterocycles. The number of carbonyl (C=O) groups excluding carboxylic acids is 4. The van der Waals surface area contributed by atoms with Crippen LogP contribution in [0.5, 0.6) is 0 Å². The van der Waals surface area contributed by atoms with Gasteiger partial charge >= 0.3 is 17.9 Å². The Morgan fingerprint density at radius 2 is 1.97 bits per heavy atom. The van der Waals surface area contributed by atoms with Crippen LogP contribution >= 0.6 is 11.3 Å². The van der Waals surface area contributed by atoms with Gasteiger partial charge in [-0.3, -0.25) is 14.4 Å². The van der Waals surface area contributed by atoms with E-state index in [9.17, 15) is 19.2 Å². The van der Waals surface area contributed by atoms with E-state index < -0.39 is 46.6 Å². The van der Waals surface area contributed by atoms with Crippen LogP contribution in [-0.2, 0) is 28.6 Å². The molecule has 2 fully saturated rings. The van der Waals surface area contributed by atoms with Gasteiger partial charge in [0.05, 0.1) is 31.5 Å². The molecular weight excluding hydrogens is 472 g/mol. The maximum atomic E-state index is 14.0. The molecule has 2 aliphatic carbocycles. The van der Waals surface area contributed by atoms with Gasteiger partial charge in [-0.05, 0) is 53.7 Å². The fourth-order valence-electron chi connectivity index (χ4n) is 6.43. The Balaban J connectivity index is 1.58. The predicted molar refractivity (Wildman–Crippen MR) is 123 cm³/mol. The standard InChI is InChI=1S/C26H26O8S/c1-25-8-6-15-23(29)34-18(14-7-9-32-13-14)12-26(15,2)21(25)20(27)17(11-16(25)22(28)31-3)33-24(30)19-5-4-10-35-19/h4-5,7,9-11,13,15-16,18,21H,6,8,12H2,1-3H3/t15-,16-,18-,21-,25-,26-/m0/s1. The van der Waals surface area contributed by atoms with E-state index in [0.717, 1.165) is 0 Å². The molecular formula is C26H26O8S. The molecule has 3 aliphatic rings. The third-order valence-electron chi connectivity index (χ3n) is 8.08. The quantitative estimate of drug-likeness (QED) is 0.448. The van der Waals surface area contributed by atoms with Crippen LogP contribution in [0.15, 0.2) is 52.4 Å². The molecule has 0 amide bonds. The third kappa shape index (κ3) is 3.64. The predicted octanol–water partition coefficient (Wildman–Crippen LogP) is 4.48. The summed E-state index contributed by atoms with van der Waals surface area (Å²) in [6.07, 6.45) is 5.15. The monoisotopic (exact) mass is 498 g/mol. The van der Waals surface area contributed by atoms with E-state index >= 15 is 0 Å². The number of esters is 3. The van der Waals surface area contributed by atoms with Crippen LogP contribution in [0, 0.1) is 28.6 Å². The Labute approximate surface area is 206 Å². The summed E-state index contributed by atoms with van der Waals surface area (Å²) < 4.78 is 21.6. The highest BCUT2D eigenvalue weighted by Gasteiger charge is 2.66. The topological polar surface area (TPSA) is 109 Å². The SMILES string of the molecule is COC(=O)[C@@H]1C=C(OC(=O)c2cccs2)C(=O)[C@H]2[C@@]1(C)CC[C@H]1C(=O)O[C@H](c3ccoc3)C[C@]21C. The summed E-state index contributed by atoms with van der Waals surface area (Å²) in [6, 6.07) is 5.05. The molecule has 6 atom stereocenters. The zero-order chi connectivity index (χ0) is 25.0. The number of furan rings is 1. The van der Waals surface area contributed by atoms with Crippen LogP contribution in [0.4, 0.5) is 0 Å². The number of allylic oxidation sites excluding steroid dienone is 1. The molecule has 2 aromatic rings. The van der Waals surface area contributed by atoms with E-state index in [2.05, 4.69) is 0 Å². The molecule has 0 spiro atoms. The Morgan fingerprint density at radius 1 is 1.17 bits per heavy atom. The lowest BCUT2D eigenvalue weighted by Crippen LogP contribution is -2.61. The van der Waals surface area contributed by atoms with Crippen molar-refractivity contribution < 1.29 is 37.8 Å². The average molecular weight is 499 g/mol. The summed E-state index contributed by atoms with van der Waals surface area (Å²) in [5, 5.41) is 1.73. The van der Waals surface area contributed by atoms with E-state index in [1.807, 2.05) is 13.8 Å². The van der Waals surface area contributed by atoms with E-state index in [1.54, 1.807) is 23.6 Å². The molecule has 1 saturated heterocycles. The van der Waals surface area contributed by atoms with Gasteiger partial charge < -0.3 is 18.6 Å². The van der Waals surface area contributed by atoms with E-state index in [-0.39, 0.29) is 17.5 Å². The summed E-state index contributed by atoms with van der Waals surface area (Å²) in [6.45, 7) is 3.79. The minimum absolute atomic E-state index is 0.179. The van der Waals surface area contributed by atoms with Crippen molar-refractivity contribution in [2.75, 3.05) is 7.11 Å². The second kappa shape index (κ2) is 8.48. The fourth-order valence-corrected chi connectivity index (χ4v) is 7.03. The van der Waals surface area contributed by atoms with Crippen LogP contribution in [0.2, 0.25) is 0 Å². The van der Waals surface area contributed by atoms with Crippen molar-refractivity contribution in [2.24, 2.45) is 28.6 Å². The number of ether oxygens (including phenoxy) is 3. The molecule has 5 rings (SSSR count). The van der Waals surface area contributed by atoms with Gasteiger partial charge in [0.25, 0.3) is 0 Å². The van der Waals surface area contributed by atoms with Crippen LogP contribution in [-0.4, -0.2) is 30.8 Å². The van der Waals surface area contributed by atoms with Crippen molar-refractivity contribution in [1.29, 1.82) is 0 Å². The molecule has 184 valence electrons. The molecule has 0 N–H and O–H groups in total. The number of hydrogen-bond acceptors (Lipinski definition) is 9. The van der Waals surface area contributed by atoms with Crippen molar-refractivity contribution in [3.05, 3.63) is 58.4 Å². The van der Waals surface area contributed by atoms with E-state index in [4.69, 9.17) is 18.6 Å². The molecule has 1 aliphatic heterocycles. The Bertz CT molecular complexity index is 1200. The molecule has 8 nitrogen and oxygen atoms in total. The first-order valence-corrected chi connectivity index (χ1v) is 12.4. The number of hydrogen-bond donors (Lipinski definition) is 0. The van der Waals surface area contributed by atoms with Crippen molar-refractivity contribution in [3.63, 3.8) is 0 Å². The van der Waals surface area contributed by atoms with Crippen LogP contribution in [0.1, 0.15) is 54.4 Å². The summed E-state index contributed by atoms with van der Waals surface area (Å²) >= 11 is 1.20. The first-order chi connectivity index (χ1) is 16.7. The highest BCUT2D eigenvalue weighted by molar-refractivity contribution is 7.12. The maximum Gasteiger partial charge on any atom is 0.353 e. The Morgan fingerprint density at radius 3 is 2.63 bits per heavy atom. The van der Waals surface area contributed by atoms with Gasteiger partial charge in [0.1, 0.15) is 11.0 Å². The van der Waals surface area contributed by atoms with Crippen LogP contribution in [0.25, 0.3) is 0 Å². The van der Waals surface area contributed by atoms with Gasteiger partial charge in [-0.1, -0.05) is 19.9 Å². The van der Waals surface area contributed by atoms with Crippen molar-refractivity contribution in [2.45, 2.75) is 39.2 Å². The number of rotatable bonds is 4. The first kappa shape index (κ1) is 23.5. The minimum atomic E-state index is -0.845. The van der Waals surface area contributed by atoms with Gasteiger partial charge in [0.15, 0.2) is 5.76 Å². The highest BCUT2D eigenvalue weighted by Crippen LogP contribution is 2.64. The van der Waals surface area contributed by atoms with E-state index in [1.165, 1.54) is 37.0 Å². The zero-order valence-electron chi connectivity index (χ0n) is 19.6. The summed E-state index contributed by atoms with van der Waals surface area (Å²) in [5.41, 5.74) is -0.965. The lowest BCUT2D eigenvalue weighted by Gasteiger charge is -2.59. The first-order valence-electron chi connectivity index (χ1n) is 11.5. The largest absolute Gasteiger partial charge is 0.472 e. The van der Waals surface area contributed by atoms with Gasteiger partial charge in [0, 0.05) is 11.5 Å². The fraction of sp³-hybridized carbons (Fsp3) is 0.462. The van der Waals surface area contributed by atoms with Gasteiger partial charge in [0.2, 0.25) is 5.78 Å². The molecule has 1 saturated carbocycles. The number of cyclic esters (lactones) is 1. The smallest absolute Gasteiger partial charge is 0.353 e. The summed E-state index contributed by atoms with van der Waals surface area (Å²) in [4.78, 5) is 53.2. The number of methoxy groups -OCH3 is 1. The lowest BCUT2D eigenvalue weighted by molar-refractivity contribution is -0.197.